The molecule has 3 rings (SSSR count). The first kappa shape index (κ1) is 16.9. The number of hydroxylamine groups is 1. The van der Waals surface area contributed by atoms with E-state index >= 15 is 0 Å². The monoisotopic (exact) mass is 317 g/mol. The van der Waals surface area contributed by atoms with Crippen molar-refractivity contribution in [1.82, 2.24) is 15.3 Å². The summed E-state index contributed by atoms with van der Waals surface area (Å²) >= 11 is 0. The van der Waals surface area contributed by atoms with Crippen LogP contribution in [0.1, 0.15) is 24.1 Å². The quantitative estimate of drug-likeness (QED) is 0.661. The predicted molar refractivity (Wildman–Crippen MR) is 85.0 cm³/mol. The Bertz CT molecular complexity index is 688. The van der Waals surface area contributed by atoms with Crippen molar-refractivity contribution in [2.24, 2.45) is 13.0 Å². The second-order valence-electron chi connectivity index (χ2n) is 5.40. The molecule has 0 radical (unpaired) electrons. The first-order valence-corrected chi connectivity index (χ1v) is 7.37. The fraction of sp³-hybridized carbons (Fsp3) is 0.294. The Morgan fingerprint density at radius 2 is 2.13 bits per heavy atom. The van der Waals surface area contributed by atoms with Crippen LogP contribution < -0.4 is 5.48 Å². The summed E-state index contributed by atoms with van der Waals surface area (Å²) in [6.07, 6.45) is 5.21. The van der Waals surface area contributed by atoms with Crippen molar-refractivity contribution in [1.29, 1.82) is 0 Å². The Hall–Kier alpha value is -2.47. The maximum atomic E-state index is 12.3. The molecule has 1 amide bonds. The minimum Gasteiger partial charge on any atom is -0.289 e. The number of benzene rings is 1. The lowest BCUT2D eigenvalue weighted by Gasteiger charge is -2.01. The maximum Gasteiger partial charge on any atom is 0.250 e. The van der Waals surface area contributed by atoms with Crippen LogP contribution in [0, 0.1) is 18.7 Å². The molecule has 0 saturated carbocycles. The van der Waals surface area contributed by atoms with Crippen LogP contribution in [-0.4, -0.2) is 20.9 Å². The highest BCUT2D eigenvalue weighted by atomic mass is 19.1. The minimum atomic E-state index is -0.341. The first-order chi connectivity index (χ1) is 11.0. The Morgan fingerprint density at radius 3 is 2.65 bits per heavy atom. The van der Waals surface area contributed by atoms with Gasteiger partial charge in [-0.05, 0) is 43.0 Å². The molecule has 0 aliphatic heterocycles. The third-order valence-corrected chi connectivity index (χ3v) is 3.80. The van der Waals surface area contributed by atoms with Gasteiger partial charge in [0.05, 0.1) is 11.6 Å². The first-order valence-electron chi connectivity index (χ1n) is 7.37. The molecule has 1 aromatic heterocycles. The maximum absolute atomic E-state index is 12.3. The molecule has 1 atom stereocenters. The molecule has 1 aliphatic rings. The van der Waals surface area contributed by atoms with Gasteiger partial charge in [0.2, 0.25) is 5.91 Å². The second-order valence-corrected chi connectivity index (χ2v) is 5.40. The van der Waals surface area contributed by atoms with Crippen molar-refractivity contribution < 1.29 is 14.4 Å². The summed E-state index contributed by atoms with van der Waals surface area (Å²) < 4.78 is 14.1. The molecule has 1 unspecified atom stereocenters. The SMILES string of the molecule is Cc1ccccc1F.Cn1nccc1C1=CC(C(=O)NO)CC1. The summed E-state index contributed by atoms with van der Waals surface area (Å²) in [5.41, 5.74) is 4.53. The minimum absolute atomic E-state index is 0.132. The fourth-order valence-electron chi connectivity index (χ4n) is 2.46. The van der Waals surface area contributed by atoms with E-state index in [0.717, 1.165) is 24.1 Å². The molecule has 122 valence electrons. The van der Waals surface area contributed by atoms with E-state index in [-0.39, 0.29) is 17.6 Å². The second kappa shape index (κ2) is 7.69. The van der Waals surface area contributed by atoms with Gasteiger partial charge in [-0.25, -0.2) is 9.87 Å². The Labute approximate surface area is 134 Å². The lowest BCUT2D eigenvalue weighted by Crippen LogP contribution is -2.25. The number of hydrogen-bond acceptors (Lipinski definition) is 3. The van der Waals surface area contributed by atoms with Gasteiger partial charge in [0.25, 0.3) is 0 Å². The van der Waals surface area contributed by atoms with Crippen molar-refractivity contribution in [3.05, 3.63) is 59.7 Å². The molecule has 0 saturated heterocycles. The molecule has 2 N–H and O–H groups in total. The zero-order valence-corrected chi connectivity index (χ0v) is 13.2. The smallest absolute Gasteiger partial charge is 0.250 e. The van der Waals surface area contributed by atoms with Gasteiger partial charge >= 0.3 is 0 Å². The van der Waals surface area contributed by atoms with Crippen molar-refractivity contribution in [3.8, 4) is 0 Å². The topological polar surface area (TPSA) is 67.2 Å². The van der Waals surface area contributed by atoms with Gasteiger partial charge in [0.1, 0.15) is 5.82 Å². The van der Waals surface area contributed by atoms with Crippen molar-refractivity contribution in [2.75, 3.05) is 0 Å². The van der Waals surface area contributed by atoms with E-state index in [1.54, 1.807) is 35.4 Å². The lowest BCUT2D eigenvalue weighted by molar-refractivity contribution is -0.131. The van der Waals surface area contributed by atoms with Crippen LogP contribution in [0.25, 0.3) is 5.57 Å². The number of aromatic nitrogens is 2. The number of rotatable bonds is 2. The van der Waals surface area contributed by atoms with Crippen LogP contribution in [0.3, 0.4) is 0 Å². The highest BCUT2D eigenvalue weighted by molar-refractivity contribution is 5.83. The summed E-state index contributed by atoms with van der Waals surface area (Å²) in [7, 11) is 1.87. The van der Waals surface area contributed by atoms with E-state index in [9.17, 15) is 9.18 Å². The third-order valence-electron chi connectivity index (χ3n) is 3.80. The molecular formula is C17H20FN3O2. The Balaban J connectivity index is 0.000000203. The van der Waals surface area contributed by atoms with Gasteiger partial charge in [0, 0.05) is 13.2 Å². The van der Waals surface area contributed by atoms with Gasteiger partial charge in [-0.2, -0.15) is 5.10 Å². The molecule has 0 fully saturated rings. The highest BCUT2D eigenvalue weighted by Crippen LogP contribution is 2.31. The molecule has 23 heavy (non-hydrogen) atoms. The Kier molecular flexibility index (Phi) is 5.65. The third kappa shape index (κ3) is 4.26. The average Bonchev–Trinajstić information content (AvgIpc) is 3.18. The van der Waals surface area contributed by atoms with E-state index < -0.39 is 0 Å². The van der Waals surface area contributed by atoms with E-state index in [1.807, 2.05) is 25.3 Å². The average molecular weight is 317 g/mol. The molecule has 2 aromatic rings. The van der Waals surface area contributed by atoms with Crippen LogP contribution in [0.15, 0.2) is 42.6 Å². The standard InChI is InChI=1S/C10H13N3O2.C7H7F/c1-13-9(4-5-11-13)7-2-3-8(6-7)10(14)12-15;1-6-4-2-3-5-7(6)8/h4-6,8,15H,2-3H2,1H3,(H,12,14);2-5H,1H3. The van der Waals surface area contributed by atoms with Gasteiger partial charge in [-0.15, -0.1) is 0 Å². The highest BCUT2D eigenvalue weighted by Gasteiger charge is 2.23. The number of nitrogens with zero attached hydrogens (tertiary/aromatic N) is 2. The van der Waals surface area contributed by atoms with Crippen molar-refractivity contribution in [3.63, 3.8) is 0 Å². The summed E-state index contributed by atoms with van der Waals surface area (Å²) in [5, 5.41) is 12.6. The van der Waals surface area contributed by atoms with E-state index in [2.05, 4.69) is 5.10 Å². The fourth-order valence-corrected chi connectivity index (χ4v) is 2.46. The lowest BCUT2D eigenvalue weighted by atomic mass is 10.1. The molecule has 0 spiro atoms. The molecule has 1 heterocycles. The molecular weight excluding hydrogens is 297 g/mol. The number of amides is 1. The van der Waals surface area contributed by atoms with Crippen molar-refractivity contribution >= 4 is 11.5 Å². The van der Waals surface area contributed by atoms with E-state index in [4.69, 9.17) is 5.21 Å². The number of carbonyl (C=O) groups excluding carboxylic acids is 1. The van der Waals surface area contributed by atoms with Gasteiger partial charge in [0.15, 0.2) is 0 Å². The number of nitrogens with one attached hydrogen (secondary N) is 1. The van der Waals surface area contributed by atoms with Crippen molar-refractivity contribution in [2.45, 2.75) is 19.8 Å². The summed E-state index contributed by atoms with van der Waals surface area (Å²) in [5.74, 6) is -0.695. The largest absolute Gasteiger partial charge is 0.289 e. The van der Waals surface area contributed by atoms with Crippen LogP contribution in [-0.2, 0) is 11.8 Å². The van der Waals surface area contributed by atoms with Gasteiger partial charge in [-0.1, -0.05) is 24.3 Å². The molecule has 1 aliphatic carbocycles. The van der Waals surface area contributed by atoms with E-state index in [0.29, 0.717) is 5.56 Å². The number of allylic oxidation sites excluding steroid dienone is 1. The normalized spacial score (nSPS) is 16.3. The number of halogens is 1. The van der Waals surface area contributed by atoms with Gasteiger partial charge in [-0.3, -0.25) is 14.7 Å². The Morgan fingerprint density at radius 1 is 1.39 bits per heavy atom. The van der Waals surface area contributed by atoms with Gasteiger partial charge < -0.3 is 0 Å². The zero-order valence-electron chi connectivity index (χ0n) is 13.2. The van der Waals surface area contributed by atoms with Crippen LogP contribution >= 0.6 is 0 Å². The van der Waals surface area contributed by atoms with Crippen LogP contribution in [0.4, 0.5) is 4.39 Å². The summed E-state index contributed by atoms with van der Waals surface area (Å²) in [4.78, 5) is 11.2. The summed E-state index contributed by atoms with van der Waals surface area (Å²) in [6.45, 7) is 1.75. The zero-order chi connectivity index (χ0) is 16.8. The number of hydrogen-bond donors (Lipinski definition) is 2. The van der Waals surface area contributed by atoms with Crippen LogP contribution in [0.2, 0.25) is 0 Å². The summed E-state index contributed by atoms with van der Waals surface area (Å²) in [6, 6.07) is 8.62. The molecule has 0 bridgehead atoms. The van der Waals surface area contributed by atoms with Crippen LogP contribution in [0.5, 0.6) is 0 Å². The number of aryl methyl sites for hydroxylation is 2. The van der Waals surface area contributed by atoms with E-state index in [1.165, 1.54) is 6.07 Å². The number of carbonyl (C=O) groups is 1. The molecule has 1 aromatic carbocycles. The molecule has 5 nitrogen and oxygen atoms in total. The molecule has 6 heteroatoms. The predicted octanol–water partition coefficient (Wildman–Crippen LogP) is 2.85.